The maximum absolute atomic E-state index is 13.8. The highest BCUT2D eigenvalue weighted by Crippen LogP contribution is 2.32. The van der Waals surface area contributed by atoms with Crippen LogP contribution in [0, 0.1) is 24.4 Å². The lowest BCUT2D eigenvalue weighted by Gasteiger charge is -2.15. The van der Waals surface area contributed by atoms with Crippen LogP contribution in [0.15, 0.2) is 24.3 Å². The molecule has 0 aromatic heterocycles. The molecule has 20 heavy (non-hydrogen) atoms. The van der Waals surface area contributed by atoms with Crippen LogP contribution < -0.4 is 11.1 Å². The van der Waals surface area contributed by atoms with Gasteiger partial charge in [0.15, 0.2) is 11.6 Å². The first-order valence-corrected chi connectivity index (χ1v) is 6.23. The Morgan fingerprint density at radius 1 is 1.10 bits per heavy atom. The summed E-state index contributed by atoms with van der Waals surface area (Å²) >= 11 is 0. The Bertz CT molecular complexity index is 654. The topological polar surface area (TPSA) is 38.0 Å². The summed E-state index contributed by atoms with van der Waals surface area (Å²) in [5.74, 6) is -2.67. The molecule has 0 spiro atoms. The number of rotatable bonds is 3. The Hall–Kier alpha value is -2.17. The SMILES string of the molecule is CCc1cc(F)c(F)c(Nc2ccc(C)cc2F)c1N. The van der Waals surface area contributed by atoms with E-state index in [-0.39, 0.29) is 17.1 Å². The van der Waals surface area contributed by atoms with Gasteiger partial charge in [-0.25, -0.2) is 13.2 Å². The van der Waals surface area contributed by atoms with E-state index in [1.165, 1.54) is 12.1 Å². The number of nitrogens with two attached hydrogens (primary N) is 1. The van der Waals surface area contributed by atoms with Crippen LogP contribution in [-0.4, -0.2) is 0 Å². The molecule has 0 aliphatic rings. The van der Waals surface area contributed by atoms with Gasteiger partial charge < -0.3 is 11.1 Å². The number of halogens is 3. The Kier molecular flexibility index (Phi) is 3.88. The van der Waals surface area contributed by atoms with Gasteiger partial charge in [0.25, 0.3) is 0 Å². The average Bonchev–Trinajstić information content (AvgIpc) is 2.41. The molecule has 0 atom stereocenters. The molecule has 106 valence electrons. The molecular weight excluding hydrogens is 265 g/mol. The number of nitrogen functional groups attached to an aromatic ring is 1. The second-order valence-corrected chi connectivity index (χ2v) is 4.58. The van der Waals surface area contributed by atoms with Gasteiger partial charge in [-0.3, -0.25) is 0 Å². The minimum atomic E-state index is -1.11. The van der Waals surface area contributed by atoms with Gasteiger partial charge >= 0.3 is 0 Å². The Labute approximate surface area is 115 Å². The molecular formula is C15H15F3N2. The van der Waals surface area contributed by atoms with Crippen molar-refractivity contribution < 1.29 is 13.2 Å². The van der Waals surface area contributed by atoms with Crippen molar-refractivity contribution in [1.82, 2.24) is 0 Å². The molecule has 0 radical (unpaired) electrons. The van der Waals surface area contributed by atoms with Gasteiger partial charge in [-0.1, -0.05) is 13.0 Å². The van der Waals surface area contributed by atoms with Crippen LogP contribution in [0.1, 0.15) is 18.1 Å². The number of hydrogen-bond donors (Lipinski definition) is 2. The van der Waals surface area contributed by atoms with E-state index in [9.17, 15) is 13.2 Å². The van der Waals surface area contributed by atoms with Crippen molar-refractivity contribution in [3.05, 3.63) is 52.8 Å². The summed E-state index contributed by atoms with van der Waals surface area (Å²) in [6.45, 7) is 3.51. The van der Waals surface area contributed by atoms with Crippen LogP contribution in [0.3, 0.4) is 0 Å². The summed E-state index contributed by atoms with van der Waals surface area (Å²) in [6, 6.07) is 5.48. The zero-order valence-electron chi connectivity index (χ0n) is 11.2. The summed E-state index contributed by atoms with van der Waals surface area (Å²) < 4.78 is 41.1. The number of benzene rings is 2. The van der Waals surface area contributed by atoms with Crippen molar-refractivity contribution in [2.75, 3.05) is 11.1 Å². The lowest BCUT2D eigenvalue weighted by molar-refractivity contribution is 0.511. The molecule has 2 rings (SSSR count). The molecule has 3 N–H and O–H groups in total. The molecule has 0 unspecified atom stereocenters. The maximum Gasteiger partial charge on any atom is 0.184 e. The number of aryl methyl sites for hydroxylation is 2. The third-order valence-corrected chi connectivity index (χ3v) is 3.11. The highest BCUT2D eigenvalue weighted by Gasteiger charge is 2.17. The first kappa shape index (κ1) is 14.2. The molecule has 0 fully saturated rings. The molecule has 0 saturated carbocycles. The lowest BCUT2D eigenvalue weighted by atomic mass is 10.1. The summed E-state index contributed by atoms with van der Waals surface area (Å²) in [4.78, 5) is 0. The standard InChI is InChI=1S/C15H15F3N2/c1-3-9-7-11(17)13(18)15(14(9)19)20-12-5-4-8(2)6-10(12)16/h4-7,20H,3,19H2,1-2H3. The smallest absolute Gasteiger partial charge is 0.184 e. The molecule has 2 aromatic rings. The fourth-order valence-electron chi connectivity index (χ4n) is 1.96. The highest BCUT2D eigenvalue weighted by atomic mass is 19.2. The molecule has 0 saturated heterocycles. The first-order valence-electron chi connectivity index (χ1n) is 6.23. The summed E-state index contributed by atoms with van der Waals surface area (Å²) in [7, 11) is 0. The Morgan fingerprint density at radius 3 is 2.40 bits per heavy atom. The van der Waals surface area contributed by atoms with Gasteiger partial charge in [0.2, 0.25) is 0 Å². The number of anilines is 3. The molecule has 0 bridgehead atoms. The zero-order valence-corrected chi connectivity index (χ0v) is 11.2. The van der Waals surface area contributed by atoms with Crippen molar-refractivity contribution in [3.8, 4) is 0 Å². The van der Waals surface area contributed by atoms with Gasteiger partial charge in [0, 0.05) is 0 Å². The van der Waals surface area contributed by atoms with Crippen molar-refractivity contribution in [2.45, 2.75) is 20.3 Å². The molecule has 0 aliphatic heterocycles. The highest BCUT2D eigenvalue weighted by molar-refractivity contribution is 5.76. The summed E-state index contributed by atoms with van der Waals surface area (Å²) in [5, 5.41) is 2.54. The van der Waals surface area contributed by atoms with Crippen molar-refractivity contribution in [2.24, 2.45) is 0 Å². The third-order valence-electron chi connectivity index (χ3n) is 3.11. The predicted octanol–water partition coefficient (Wildman–Crippen LogP) is 4.30. The molecule has 0 aliphatic carbocycles. The average molecular weight is 280 g/mol. The van der Waals surface area contributed by atoms with Crippen LogP contribution in [-0.2, 0) is 6.42 Å². The molecule has 0 amide bonds. The van der Waals surface area contributed by atoms with Gasteiger partial charge in [-0.15, -0.1) is 0 Å². The number of nitrogens with one attached hydrogen (secondary N) is 1. The predicted molar refractivity (Wildman–Crippen MR) is 74.6 cm³/mol. The van der Waals surface area contributed by atoms with Crippen LogP contribution in [0.4, 0.5) is 30.2 Å². The Balaban J connectivity index is 2.50. The van der Waals surface area contributed by atoms with Crippen LogP contribution in [0.2, 0.25) is 0 Å². The van der Waals surface area contributed by atoms with Gasteiger partial charge in [0.1, 0.15) is 11.5 Å². The quantitative estimate of drug-likeness (QED) is 0.823. The normalized spacial score (nSPS) is 10.7. The number of hydrogen-bond acceptors (Lipinski definition) is 2. The van der Waals surface area contributed by atoms with Crippen LogP contribution in [0.5, 0.6) is 0 Å². The molecule has 0 heterocycles. The van der Waals surface area contributed by atoms with Crippen molar-refractivity contribution in [3.63, 3.8) is 0 Å². The van der Waals surface area contributed by atoms with E-state index in [2.05, 4.69) is 5.32 Å². The summed E-state index contributed by atoms with van der Waals surface area (Å²) in [6.07, 6.45) is 0.452. The second-order valence-electron chi connectivity index (χ2n) is 4.58. The minimum Gasteiger partial charge on any atom is -0.397 e. The fourth-order valence-corrected chi connectivity index (χ4v) is 1.96. The lowest BCUT2D eigenvalue weighted by Crippen LogP contribution is -2.06. The van der Waals surface area contributed by atoms with Gasteiger partial charge in [-0.2, -0.15) is 0 Å². The van der Waals surface area contributed by atoms with E-state index in [0.717, 1.165) is 11.6 Å². The third kappa shape index (κ3) is 2.57. The van der Waals surface area contributed by atoms with Gasteiger partial charge in [-0.05, 0) is 42.7 Å². The summed E-state index contributed by atoms with van der Waals surface area (Å²) in [5.41, 5.74) is 6.91. The second kappa shape index (κ2) is 5.45. The largest absolute Gasteiger partial charge is 0.397 e. The molecule has 5 heteroatoms. The maximum atomic E-state index is 13.8. The van der Waals surface area contributed by atoms with E-state index in [1.807, 2.05) is 0 Å². The van der Waals surface area contributed by atoms with E-state index in [4.69, 9.17) is 5.73 Å². The van der Waals surface area contributed by atoms with Crippen molar-refractivity contribution in [1.29, 1.82) is 0 Å². The molecule has 2 nitrogen and oxygen atoms in total. The monoisotopic (exact) mass is 280 g/mol. The van der Waals surface area contributed by atoms with E-state index < -0.39 is 17.5 Å². The fraction of sp³-hybridized carbons (Fsp3) is 0.200. The minimum absolute atomic E-state index is 0.0499. The molecule has 2 aromatic carbocycles. The van der Waals surface area contributed by atoms with Gasteiger partial charge in [0.05, 0.1) is 11.4 Å². The first-order chi connectivity index (χ1) is 9.43. The van der Waals surface area contributed by atoms with E-state index >= 15 is 0 Å². The van der Waals surface area contributed by atoms with Crippen LogP contribution >= 0.6 is 0 Å². The Morgan fingerprint density at radius 2 is 1.80 bits per heavy atom. The van der Waals surface area contributed by atoms with E-state index in [1.54, 1.807) is 19.9 Å². The van der Waals surface area contributed by atoms with E-state index in [0.29, 0.717) is 12.0 Å². The van der Waals surface area contributed by atoms with Crippen molar-refractivity contribution >= 4 is 17.1 Å². The zero-order chi connectivity index (χ0) is 14.9. The van der Waals surface area contributed by atoms with Crippen LogP contribution in [0.25, 0.3) is 0 Å².